The van der Waals surface area contributed by atoms with Gasteiger partial charge in [0.1, 0.15) is 17.2 Å². The van der Waals surface area contributed by atoms with Crippen molar-refractivity contribution >= 4 is 23.5 Å². The first-order chi connectivity index (χ1) is 25.9. The number of aromatic nitrogens is 3. The minimum atomic E-state index is -4.81. The number of halogens is 4. The van der Waals surface area contributed by atoms with E-state index in [0.717, 1.165) is 23.6 Å². The highest BCUT2D eigenvalue weighted by molar-refractivity contribution is 6.35. The average molecular weight is 767 g/mol. The van der Waals surface area contributed by atoms with Gasteiger partial charge in [-0.2, -0.15) is 18.2 Å². The van der Waals surface area contributed by atoms with Gasteiger partial charge in [0.15, 0.2) is 0 Å². The third-order valence-corrected chi connectivity index (χ3v) is 10.5. The Morgan fingerprint density at radius 2 is 1.78 bits per heavy atom. The van der Waals surface area contributed by atoms with Crippen LogP contribution in [0.4, 0.5) is 13.2 Å². The molecule has 16 heteroatoms. The van der Waals surface area contributed by atoms with Gasteiger partial charge >= 0.3 is 12.1 Å². The summed E-state index contributed by atoms with van der Waals surface area (Å²) in [5.41, 5.74) is 2.55. The third-order valence-electron chi connectivity index (χ3n) is 10.1. The predicted octanol–water partition coefficient (Wildman–Crippen LogP) is 6.04. The summed E-state index contributed by atoms with van der Waals surface area (Å²) in [4.78, 5) is 36.6. The van der Waals surface area contributed by atoms with Crippen LogP contribution < -0.4 is 30.2 Å². The Labute approximate surface area is 313 Å². The van der Waals surface area contributed by atoms with Gasteiger partial charge in [-0.15, -0.1) is 0 Å². The summed E-state index contributed by atoms with van der Waals surface area (Å²) in [5.74, 6) is -1.31. The van der Waals surface area contributed by atoms with Gasteiger partial charge in [-0.1, -0.05) is 35.9 Å². The molecule has 12 nitrogen and oxygen atoms in total. The maximum atomic E-state index is 14.4. The van der Waals surface area contributed by atoms with Crippen LogP contribution >= 0.6 is 11.6 Å². The zero-order valence-corrected chi connectivity index (χ0v) is 30.2. The summed E-state index contributed by atoms with van der Waals surface area (Å²) in [6.45, 7) is 0.928. The van der Waals surface area contributed by atoms with E-state index >= 15 is 0 Å². The van der Waals surface area contributed by atoms with E-state index in [1.54, 1.807) is 31.5 Å². The molecule has 1 aromatic carbocycles. The number of methoxy groups -OCH3 is 2. The molecule has 3 aromatic heterocycles. The highest BCUT2D eigenvalue weighted by atomic mass is 35.5. The summed E-state index contributed by atoms with van der Waals surface area (Å²) in [5, 5.41) is 19.0. The Morgan fingerprint density at radius 1 is 1.00 bits per heavy atom. The van der Waals surface area contributed by atoms with Crippen molar-refractivity contribution in [3.8, 4) is 40.2 Å². The Kier molecular flexibility index (Phi) is 10.4. The number of aliphatic carboxylic acids is 1. The lowest BCUT2D eigenvalue weighted by Gasteiger charge is -2.21. The smallest absolute Gasteiger partial charge is 0.421 e. The van der Waals surface area contributed by atoms with Crippen LogP contribution in [0.3, 0.4) is 0 Å². The number of rotatable bonds is 14. The highest BCUT2D eigenvalue weighted by Crippen LogP contribution is 2.46. The molecule has 284 valence electrons. The van der Waals surface area contributed by atoms with Crippen molar-refractivity contribution in [2.75, 3.05) is 20.8 Å². The molecule has 0 radical (unpaired) electrons. The van der Waals surface area contributed by atoms with Crippen molar-refractivity contribution in [2.24, 2.45) is 0 Å². The van der Waals surface area contributed by atoms with Gasteiger partial charge in [-0.05, 0) is 61.4 Å². The van der Waals surface area contributed by atoms with Crippen LogP contribution in [0.5, 0.6) is 17.6 Å². The van der Waals surface area contributed by atoms with Gasteiger partial charge in [0, 0.05) is 60.5 Å². The first kappa shape index (κ1) is 37.3. The van der Waals surface area contributed by atoms with Crippen LogP contribution in [0, 0.1) is 0 Å². The monoisotopic (exact) mass is 766 g/mol. The van der Waals surface area contributed by atoms with Crippen molar-refractivity contribution in [3.05, 3.63) is 81.5 Å². The van der Waals surface area contributed by atoms with E-state index in [4.69, 9.17) is 30.8 Å². The number of pyridine rings is 3. The van der Waals surface area contributed by atoms with Crippen LogP contribution in [0.25, 0.3) is 22.5 Å². The number of hydrogen-bond acceptors (Lipinski definition) is 10. The zero-order chi connectivity index (χ0) is 38.2. The molecule has 1 saturated heterocycles. The van der Waals surface area contributed by atoms with Crippen LogP contribution in [0.2, 0.25) is 5.02 Å². The van der Waals surface area contributed by atoms with Crippen molar-refractivity contribution < 1.29 is 42.1 Å². The molecule has 1 saturated carbocycles. The summed E-state index contributed by atoms with van der Waals surface area (Å²) in [6.07, 6.45) is -1.02. The number of carbonyl (C=O) groups is 2. The lowest BCUT2D eigenvalue weighted by molar-refractivity contribution is -0.141. The highest BCUT2D eigenvalue weighted by Gasteiger charge is 2.50. The molecule has 2 fully saturated rings. The number of carboxylic acid groups (broad SMARTS) is 1. The van der Waals surface area contributed by atoms with Crippen LogP contribution in [-0.2, 0) is 35.3 Å². The third kappa shape index (κ3) is 7.52. The van der Waals surface area contributed by atoms with Crippen LogP contribution in [-0.4, -0.2) is 64.3 Å². The van der Waals surface area contributed by atoms with Crippen molar-refractivity contribution in [1.29, 1.82) is 0 Å². The van der Waals surface area contributed by atoms with Gasteiger partial charge in [0.05, 0.1) is 30.6 Å². The summed E-state index contributed by atoms with van der Waals surface area (Å²) >= 11 is 7.04. The minimum Gasteiger partial charge on any atom is -0.481 e. The topological polar surface area (TPSA) is 157 Å². The largest absolute Gasteiger partial charge is 0.481 e. The fourth-order valence-corrected chi connectivity index (χ4v) is 7.35. The first-order valence-corrected chi connectivity index (χ1v) is 17.9. The number of nitrogens with zero attached hydrogens (tertiary/aromatic N) is 3. The van der Waals surface area contributed by atoms with E-state index in [0.29, 0.717) is 84.2 Å². The maximum absolute atomic E-state index is 14.4. The number of hydrogen-bond donors (Lipinski definition) is 4. The fraction of sp³-hybridized carbons (Fsp3) is 0.395. The van der Waals surface area contributed by atoms with Gasteiger partial charge in [0.2, 0.25) is 23.5 Å². The molecule has 4 heterocycles. The molecule has 4 N–H and O–H groups in total. The van der Waals surface area contributed by atoms with E-state index in [1.165, 1.54) is 7.11 Å². The van der Waals surface area contributed by atoms with Gasteiger partial charge in [0.25, 0.3) is 0 Å². The molecule has 3 aliphatic rings. The fourth-order valence-electron chi connectivity index (χ4n) is 7.04. The van der Waals surface area contributed by atoms with Crippen LogP contribution in [0.15, 0.2) is 48.7 Å². The predicted molar refractivity (Wildman–Crippen MR) is 191 cm³/mol. The second kappa shape index (κ2) is 15.0. The van der Waals surface area contributed by atoms with Crippen molar-refractivity contribution in [3.63, 3.8) is 0 Å². The number of carbonyl (C=O) groups excluding carboxylic acids is 1. The number of benzene rings is 1. The van der Waals surface area contributed by atoms with E-state index in [9.17, 15) is 27.9 Å². The van der Waals surface area contributed by atoms with E-state index in [2.05, 4.69) is 25.9 Å². The quantitative estimate of drug-likeness (QED) is 0.119. The van der Waals surface area contributed by atoms with Crippen LogP contribution in [0.1, 0.15) is 66.0 Å². The number of alkyl halides is 3. The molecule has 0 unspecified atom stereocenters. The molecule has 2 aliphatic carbocycles. The second-order valence-corrected chi connectivity index (χ2v) is 14.0. The average Bonchev–Trinajstić information content (AvgIpc) is 3.68. The van der Waals surface area contributed by atoms with E-state index in [1.807, 2.05) is 18.2 Å². The number of nitrogens with one attached hydrogen (secondary N) is 3. The molecule has 1 aliphatic heterocycles. The first-order valence-electron chi connectivity index (χ1n) is 17.5. The Morgan fingerprint density at radius 3 is 2.46 bits per heavy atom. The number of amides is 1. The van der Waals surface area contributed by atoms with Crippen molar-refractivity contribution in [1.82, 2.24) is 30.9 Å². The summed E-state index contributed by atoms with van der Waals surface area (Å²) in [6, 6.07) is 11.9. The van der Waals surface area contributed by atoms with Gasteiger partial charge in [-0.3, -0.25) is 19.9 Å². The number of carboxylic acids is 1. The van der Waals surface area contributed by atoms with Gasteiger partial charge < -0.3 is 30.0 Å². The van der Waals surface area contributed by atoms with Crippen molar-refractivity contribution in [2.45, 2.75) is 75.5 Å². The molecule has 1 amide bonds. The molecule has 54 heavy (non-hydrogen) atoms. The second-order valence-electron chi connectivity index (χ2n) is 13.6. The molecular weight excluding hydrogens is 729 g/mol. The Balaban J connectivity index is 1.13. The summed E-state index contributed by atoms with van der Waals surface area (Å²) in [7, 11) is 2.82. The molecule has 2 atom stereocenters. The Hall–Kier alpha value is -4.99. The normalized spacial score (nSPS) is 18.6. The maximum Gasteiger partial charge on any atom is 0.421 e. The molecule has 7 rings (SSSR count). The minimum absolute atomic E-state index is 0.0594. The summed E-state index contributed by atoms with van der Waals surface area (Å²) < 4.78 is 60.3. The molecular formula is C38H38ClF3N6O6. The Bertz CT molecular complexity index is 2100. The zero-order valence-electron chi connectivity index (χ0n) is 29.5. The lowest BCUT2D eigenvalue weighted by Crippen LogP contribution is -2.38. The molecule has 4 aromatic rings. The number of ether oxygens (including phenoxy) is 3. The standard InChI is InChI=1S/C38H38ClF3N6O6/c1-52-33-20(17-43-19-22-7-11-30(49)46-22)6-9-28(47-33)26-12-15-44-32(31(26)39)25-5-3-4-24-23(25)8-10-29(24)54-35-27(38(40,41)42)16-21(34(48-35)53-2)18-45-37(13-14-37)36(50)51/h3-6,9,12,15-16,22,29,43,45H,7-8,10-11,13-14,17-19H2,1-2H3,(H,46,49)(H,50,51)/t22-,29+/m1/s1. The lowest BCUT2D eigenvalue weighted by atomic mass is 9.98. The molecule has 0 spiro atoms. The number of fused-ring (bicyclic) bond motifs is 1. The molecule has 0 bridgehead atoms. The van der Waals surface area contributed by atoms with E-state index in [-0.39, 0.29) is 29.9 Å². The van der Waals surface area contributed by atoms with E-state index < -0.39 is 35.2 Å². The van der Waals surface area contributed by atoms with Gasteiger partial charge in [-0.25, -0.2) is 4.98 Å². The SMILES string of the molecule is COc1nc(-c2ccnc(-c3cccc4c3CC[C@@H]4Oc3nc(OC)c(CNC4(C(=O)O)CC4)cc3C(F)(F)F)c2Cl)ccc1CNC[C@H]1CCC(=O)N1.